The van der Waals surface area contributed by atoms with Crippen LogP contribution in [0.2, 0.25) is 0 Å². The Morgan fingerprint density at radius 1 is 1.03 bits per heavy atom. The average Bonchev–Trinajstić information content (AvgIpc) is 2.75. The summed E-state index contributed by atoms with van der Waals surface area (Å²) in [6.07, 6.45) is 2.48. The minimum atomic E-state index is -0.663. The maximum Gasteiger partial charge on any atom is 0.265 e. The summed E-state index contributed by atoms with van der Waals surface area (Å²) in [6, 6.07) is 13.4. The van der Waals surface area contributed by atoms with Crippen LogP contribution in [0.15, 0.2) is 48.5 Å². The third-order valence-corrected chi connectivity index (χ3v) is 5.29. The second-order valence-corrected chi connectivity index (χ2v) is 7.37. The molecular weight excluding hydrogens is 373 g/mol. The standard InChI is InChI=1S/C22H24FN3O3/c23-16-8-2-3-9-17(16)24-21(27)15-26-14-20(22(28)25-12-6-1-7-13-25)29-19-11-5-4-10-18(19)26/h2-5,8-11,20H,1,6-7,12-15H2,(H,24,27)/t20-/m0/s1. The van der Waals surface area contributed by atoms with Gasteiger partial charge in [0.2, 0.25) is 5.91 Å². The number of benzene rings is 2. The van der Waals surface area contributed by atoms with E-state index in [-0.39, 0.29) is 30.6 Å². The highest BCUT2D eigenvalue weighted by atomic mass is 19.1. The van der Waals surface area contributed by atoms with Crippen LogP contribution in [-0.4, -0.2) is 49.0 Å². The first-order valence-corrected chi connectivity index (χ1v) is 9.95. The van der Waals surface area contributed by atoms with Gasteiger partial charge in [-0.15, -0.1) is 0 Å². The van der Waals surface area contributed by atoms with Crippen molar-refractivity contribution in [2.45, 2.75) is 25.4 Å². The highest BCUT2D eigenvalue weighted by molar-refractivity contribution is 5.95. The number of hydrogen-bond donors (Lipinski definition) is 1. The largest absolute Gasteiger partial charge is 0.477 e. The van der Waals surface area contributed by atoms with Gasteiger partial charge in [0.1, 0.15) is 11.6 Å². The van der Waals surface area contributed by atoms with E-state index in [4.69, 9.17) is 4.74 Å². The molecule has 6 nitrogen and oxygen atoms in total. The molecule has 1 N–H and O–H groups in total. The van der Waals surface area contributed by atoms with E-state index in [0.717, 1.165) is 38.0 Å². The molecule has 2 aromatic rings. The molecule has 0 unspecified atom stereocenters. The zero-order valence-corrected chi connectivity index (χ0v) is 16.1. The number of carbonyl (C=O) groups is 2. The molecule has 1 fully saturated rings. The predicted octanol–water partition coefficient (Wildman–Crippen LogP) is 3.04. The highest BCUT2D eigenvalue weighted by Gasteiger charge is 2.34. The number of para-hydroxylation sites is 3. The van der Waals surface area contributed by atoms with Crippen LogP contribution in [-0.2, 0) is 9.59 Å². The van der Waals surface area contributed by atoms with E-state index in [0.29, 0.717) is 5.75 Å². The lowest BCUT2D eigenvalue weighted by atomic mass is 10.1. The summed E-state index contributed by atoms with van der Waals surface area (Å²) in [6.45, 7) is 1.76. The van der Waals surface area contributed by atoms with Gasteiger partial charge in [0.25, 0.3) is 5.91 Å². The lowest BCUT2D eigenvalue weighted by Crippen LogP contribution is -2.52. The van der Waals surface area contributed by atoms with Crippen LogP contribution in [0.5, 0.6) is 5.75 Å². The van der Waals surface area contributed by atoms with Crippen LogP contribution in [0.4, 0.5) is 15.8 Å². The van der Waals surface area contributed by atoms with E-state index >= 15 is 0 Å². The Balaban J connectivity index is 1.49. The van der Waals surface area contributed by atoms with Crippen LogP contribution in [0.25, 0.3) is 0 Å². The molecule has 29 heavy (non-hydrogen) atoms. The van der Waals surface area contributed by atoms with Gasteiger partial charge in [-0.2, -0.15) is 0 Å². The number of amides is 2. The third-order valence-electron chi connectivity index (χ3n) is 5.29. The van der Waals surface area contributed by atoms with Gasteiger partial charge in [-0.25, -0.2) is 4.39 Å². The topological polar surface area (TPSA) is 61.9 Å². The molecule has 1 saturated heterocycles. The molecule has 0 radical (unpaired) electrons. The van der Waals surface area contributed by atoms with Crippen molar-refractivity contribution in [3.05, 3.63) is 54.3 Å². The van der Waals surface area contributed by atoms with E-state index in [1.54, 1.807) is 18.2 Å². The van der Waals surface area contributed by atoms with Gasteiger partial charge >= 0.3 is 0 Å². The molecule has 0 spiro atoms. The van der Waals surface area contributed by atoms with Crippen LogP contribution in [0.1, 0.15) is 19.3 Å². The van der Waals surface area contributed by atoms with Gasteiger partial charge in [0.15, 0.2) is 6.10 Å². The van der Waals surface area contributed by atoms with Crippen molar-refractivity contribution in [1.29, 1.82) is 0 Å². The lowest BCUT2D eigenvalue weighted by molar-refractivity contribution is -0.139. The summed E-state index contributed by atoms with van der Waals surface area (Å²) in [7, 11) is 0. The monoisotopic (exact) mass is 397 g/mol. The van der Waals surface area contributed by atoms with Crippen molar-refractivity contribution in [2.75, 3.05) is 36.4 Å². The molecule has 1 atom stereocenters. The predicted molar refractivity (Wildman–Crippen MR) is 109 cm³/mol. The molecule has 0 aliphatic carbocycles. The number of hydrogen-bond acceptors (Lipinski definition) is 4. The fourth-order valence-electron chi connectivity index (χ4n) is 3.83. The minimum Gasteiger partial charge on any atom is -0.477 e. The Kier molecular flexibility index (Phi) is 5.64. The Morgan fingerprint density at radius 3 is 2.55 bits per heavy atom. The average molecular weight is 397 g/mol. The van der Waals surface area contributed by atoms with Crippen molar-refractivity contribution in [1.82, 2.24) is 4.90 Å². The van der Waals surface area contributed by atoms with Gasteiger partial charge in [-0.1, -0.05) is 24.3 Å². The van der Waals surface area contributed by atoms with E-state index in [2.05, 4.69) is 5.32 Å². The van der Waals surface area contributed by atoms with Crippen LogP contribution < -0.4 is 15.0 Å². The van der Waals surface area contributed by atoms with Crippen molar-refractivity contribution < 1.29 is 18.7 Å². The van der Waals surface area contributed by atoms with Gasteiger partial charge in [0, 0.05) is 13.1 Å². The number of halogens is 1. The first-order chi connectivity index (χ1) is 14.1. The van der Waals surface area contributed by atoms with Gasteiger partial charge in [0.05, 0.1) is 24.5 Å². The second-order valence-electron chi connectivity index (χ2n) is 7.37. The molecule has 2 aliphatic rings. The van der Waals surface area contributed by atoms with Crippen molar-refractivity contribution in [3.8, 4) is 5.75 Å². The van der Waals surface area contributed by atoms with Crippen molar-refractivity contribution in [2.24, 2.45) is 0 Å². The number of nitrogens with zero attached hydrogens (tertiary/aromatic N) is 2. The zero-order chi connectivity index (χ0) is 20.2. The fraction of sp³-hybridized carbons (Fsp3) is 0.364. The zero-order valence-electron chi connectivity index (χ0n) is 16.1. The summed E-state index contributed by atoms with van der Waals surface area (Å²) >= 11 is 0. The number of piperidine rings is 1. The number of ether oxygens (including phenoxy) is 1. The van der Waals surface area contributed by atoms with Crippen molar-refractivity contribution >= 4 is 23.2 Å². The summed E-state index contributed by atoms with van der Waals surface area (Å²) < 4.78 is 19.8. The molecule has 152 valence electrons. The first kappa shape index (κ1) is 19.2. The molecule has 2 aromatic carbocycles. The molecule has 2 aliphatic heterocycles. The summed E-state index contributed by atoms with van der Waals surface area (Å²) in [5, 5.41) is 2.60. The Labute approximate surface area is 169 Å². The van der Waals surface area contributed by atoms with E-state index in [9.17, 15) is 14.0 Å². The Morgan fingerprint density at radius 2 is 1.76 bits per heavy atom. The number of fused-ring (bicyclic) bond motifs is 1. The lowest BCUT2D eigenvalue weighted by Gasteiger charge is -2.38. The highest BCUT2D eigenvalue weighted by Crippen LogP contribution is 2.33. The SMILES string of the molecule is O=C(CN1C[C@@H](C(=O)N2CCCCC2)Oc2ccccc21)Nc1ccccc1F. The molecule has 0 aromatic heterocycles. The first-order valence-electron chi connectivity index (χ1n) is 9.95. The summed E-state index contributed by atoms with van der Waals surface area (Å²) in [5.41, 5.74) is 0.888. The molecule has 0 saturated carbocycles. The molecule has 2 heterocycles. The second kappa shape index (κ2) is 8.51. The summed E-state index contributed by atoms with van der Waals surface area (Å²) in [4.78, 5) is 29.2. The van der Waals surface area contributed by atoms with Gasteiger partial charge in [-0.05, 0) is 43.5 Å². The molecule has 7 heteroatoms. The smallest absolute Gasteiger partial charge is 0.265 e. The van der Waals surface area contributed by atoms with Crippen molar-refractivity contribution in [3.63, 3.8) is 0 Å². The number of rotatable bonds is 4. The van der Waals surface area contributed by atoms with E-state index < -0.39 is 11.9 Å². The van der Waals surface area contributed by atoms with Crippen LogP contribution in [0, 0.1) is 5.82 Å². The van der Waals surface area contributed by atoms with Gasteiger partial charge in [-0.3, -0.25) is 9.59 Å². The Bertz CT molecular complexity index is 898. The molecular formula is C22H24FN3O3. The summed E-state index contributed by atoms with van der Waals surface area (Å²) in [5.74, 6) is -0.302. The fourth-order valence-corrected chi connectivity index (χ4v) is 3.83. The number of anilines is 2. The Hall–Kier alpha value is -3.09. The molecule has 2 amide bonds. The quantitative estimate of drug-likeness (QED) is 0.862. The van der Waals surface area contributed by atoms with E-state index in [1.807, 2.05) is 28.0 Å². The number of likely N-dealkylation sites (tertiary alicyclic amines) is 1. The molecule has 4 rings (SSSR count). The number of carbonyl (C=O) groups excluding carboxylic acids is 2. The van der Waals surface area contributed by atoms with E-state index in [1.165, 1.54) is 12.1 Å². The third kappa shape index (κ3) is 4.34. The minimum absolute atomic E-state index is 0.00150. The maximum absolute atomic E-state index is 13.8. The van der Waals surface area contributed by atoms with Crippen LogP contribution >= 0.6 is 0 Å². The van der Waals surface area contributed by atoms with Crippen LogP contribution in [0.3, 0.4) is 0 Å². The maximum atomic E-state index is 13.8. The molecule has 0 bridgehead atoms. The number of nitrogens with one attached hydrogen (secondary N) is 1. The normalized spacial score (nSPS) is 18.6. The van der Waals surface area contributed by atoms with Gasteiger partial charge < -0.3 is 19.9 Å².